The summed E-state index contributed by atoms with van der Waals surface area (Å²) in [5.74, 6) is -0.0638. The number of hydrogen-bond donors (Lipinski definition) is 3. The number of carbonyl (C=O) groups excluding carboxylic acids is 1. The van der Waals surface area contributed by atoms with Gasteiger partial charge in [0, 0.05) is 6.42 Å². The van der Waals surface area contributed by atoms with Gasteiger partial charge in [-0.1, -0.05) is 329 Å². The maximum atomic E-state index is 12.5. The highest BCUT2D eigenvalue weighted by Gasteiger charge is 2.20. The molecule has 0 radical (unpaired) electrons. The first-order valence-electron chi connectivity index (χ1n) is 32.1. The zero-order valence-electron chi connectivity index (χ0n) is 49.1. The predicted octanol–water partition coefficient (Wildman–Crippen LogP) is 21.8. The van der Waals surface area contributed by atoms with Crippen molar-refractivity contribution in [3.8, 4) is 0 Å². The van der Waals surface area contributed by atoms with E-state index in [2.05, 4.69) is 129 Å². The Labute approximate surface area is 461 Å². The maximum absolute atomic E-state index is 12.5. The summed E-state index contributed by atoms with van der Waals surface area (Å²) in [6.07, 6.45) is 96.8. The Kier molecular flexibility index (Phi) is 61.8. The van der Waals surface area contributed by atoms with Gasteiger partial charge in [0.15, 0.2) is 0 Å². The lowest BCUT2D eigenvalue weighted by atomic mass is 10.0. The van der Waals surface area contributed by atoms with E-state index in [1.807, 2.05) is 0 Å². The molecule has 0 saturated carbocycles. The van der Waals surface area contributed by atoms with Crippen molar-refractivity contribution in [2.24, 2.45) is 0 Å². The Hall–Kier alpha value is -2.95. The highest BCUT2D eigenvalue weighted by atomic mass is 16.3. The van der Waals surface area contributed by atoms with Gasteiger partial charge in [-0.25, -0.2) is 0 Å². The average Bonchev–Trinajstić information content (AvgIpc) is 3.40. The van der Waals surface area contributed by atoms with E-state index in [0.29, 0.717) is 12.8 Å². The molecule has 0 aliphatic heterocycles. The molecule has 0 spiro atoms. The van der Waals surface area contributed by atoms with Gasteiger partial charge in [-0.05, 0) is 83.5 Å². The molecule has 0 bridgehead atoms. The topological polar surface area (TPSA) is 69.6 Å². The fourth-order valence-electron chi connectivity index (χ4n) is 9.47. The van der Waals surface area contributed by atoms with Crippen LogP contribution in [0.4, 0.5) is 0 Å². The molecule has 1 amide bonds. The van der Waals surface area contributed by atoms with Crippen LogP contribution in [0.1, 0.15) is 309 Å². The first-order chi connectivity index (χ1) is 36.7. The molecule has 4 nitrogen and oxygen atoms in total. The molecule has 3 N–H and O–H groups in total. The monoisotopic (exact) mass is 1030 g/mol. The molecule has 0 aromatic rings. The van der Waals surface area contributed by atoms with E-state index in [1.165, 1.54) is 186 Å². The average molecular weight is 1030 g/mol. The van der Waals surface area contributed by atoms with Crippen LogP contribution in [0, 0.1) is 0 Å². The molecule has 2 atom stereocenters. The molecule has 0 saturated heterocycles. The summed E-state index contributed by atoms with van der Waals surface area (Å²) < 4.78 is 0. The SMILES string of the molecule is CC/C=C\C/C=C\C/C=C\C/C=C\C/C=C\C/C=C\C/C=C\C/C=C\C/C=C\CCCCCC(=O)NC(CO)C(O)CCCCCCCCCCCCCCCCCCCCCCCCCCCCCCCCC. The predicted molar refractivity (Wildman–Crippen MR) is 331 cm³/mol. The van der Waals surface area contributed by atoms with Crippen molar-refractivity contribution >= 4 is 5.91 Å². The lowest BCUT2D eigenvalue weighted by molar-refractivity contribution is -0.123. The lowest BCUT2D eigenvalue weighted by Gasteiger charge is -2.22. The largest absolute Gasteiger partial charge is 0.394 e. The second kappa shape index (κ2) is 64.3. The fraction of sp³-hybridized carbons (Fsp3) is 0.729. The number of nitrogens with one attached hydrogen (secondary N) is 1. The molecule has 0 rings (SSSR count). The lowest BCUT2D eigenvalue weighted by Crippen LogP contribution is -2.45. The van der Waals surface area contributed by atoms with Gasteiger partial charge in [0.1, 0.15) is 0 Å². The number of unbranched alkanes of at least 4 members (excludes halogenated alkanes) is 33. The number of aliphatic hydroxyl groups is 2. The van der Waals surface area contributed by atoms with Crippen LogP contribution in [-0.4, -0.2) is 34.9 Å². The Morgan fingerprint density at radius 1 is 0.338 bits per heavy atom. The van der Waals surface area contributed by atoms with Gasteiger partial charge in [-0.15, -0.1) is 0 Å². The molecular formula is C70H123NO3. The quantitative estimate of drug-likeness (QED) is 0.0420. The first-order valence-corrected chi connectivity index (χ1v) is 32.1. The molecule has 2 unspecified atom stereocenters. The minimum absolute atomic E-state index is 0.0638. The zero-order chi connectivity index (χ0) is 53.4. The third-order valence-corrected chi connectivity index (χ3v) is 14.3. The van der Waals surface area contributed by atoms with E-state index in [9.17, 15) is 15.0 Å². The molecule has 0 aliphatic carbocycles. The number of rotatable bonds is 58. The standard InChI is InChI=1S/C70H123NO3/c1-3-5-7-9-11-13-15-17-19-21-23-25-27-29-31-33-35-37-39-41-43-45-47-49-51-53-55-57-59-61-63-65-69(73)68(67-72)71-70(74)66-64-62-60-58-56-54-52-50-48-46-44-42-40-38-36-34-32-30-28-26-24-22-20-18-16-14-12-10-8-6-4-2/h6,8,12,14,18,20,24,26,30,32,36,38,42,44,48,50,54,56,68-69,72-73H,3-5,7,9-11,13,15-17,19,21-23,25,27-29,31,33-35,37,39-41,43,45-47,49,51-53,55,57-67H2,1-2H3,(H,71,74)/b8-6-,14-12-,20-18-,26-24-,32-30-,38-36-,44-42-,50-48-,56-54-. The summed E-state index contributed by atoms with van der Waals surface area (Å²) in [7, 11) is 0. The molecule has 0 aliphatic rings. The molecule has 0 aromatic carbocycles. The van der Waals surface area contributed by atoms with Gasteiger partial charge >= 0.3 is 0 Å². The van der Waals surface area contributed by atoms with Crippen LogP contribution >= 0.6 is 0 Å². The first kappa shape index (κ1) is 71.0. The summed E-state index contributed by atoms with van der Waals surface area (Å²) in [5, 5.41) is 23.4. The van der Waals surface area contributed by atoms with Crippen LogP contribution in [0.25, 0.3) is 0 Å². The van der Waals surface area contributed by atoms with E-state index in [0.717, 1.165) is 96.3 Å². The van der Waals surface area contributed by atoms with E-state index in [1.54, 1.807) is 0 Å². The third-order valence-electron chi connectivity index (χ3n) is 14.3. The minimum atomic E-state index is -0.684. The van der Waals surface area contributed by atoms with Crippen molar-refractivity contribution in [3.05, 3.63) is 109 Å². The molecule has 74 heavy (non-hydrogen) atoms. The zero-order valence-corrected chi connectivity index (χ0v) is 49.1. The van der Waals surface area contributed by atoms with Crippen molar-refractivity contribution in [2.45, 2.75) is 321 Å². The molecule has 426 valence electrons. The number of hydrogen-bond acceptors (Lipinski definition) is 3. The second-order valence-electron chi connectivity index (χ2n) is 21.5. The molecule has 0 fully saturated rings. The van der Waals surface area contributed by atoms with Crippen LogP contribution in [0.3, 0.4) is 0 Å². The van der Waals surface area contributed by atoms with Crippen LogP contribution in [0.15, 0.2) is 109 Å². The highest BCUT2D eigenvalue weighted by Crippen LogP contribution is 2.18. The van der Waals surface area contributed by atoms with Crippen molar-refractivity contribution in [1.29, 1.82) is 0 Å². The molecule has 4 heteroatoms. The Morgan fingerprint density at radius 2 is 0.595 bits per heavy atom. The van der Waals surface area contributed by atoms with Crippen molar-refractivity contribution in [3.63, 3.8) is 0 Å². The van der Waals surface area contributed by atoms with Gasteiger partial charge in [0.2, 0.25) is 5.91 Å². The summed E-state index contributed by atoms with van der Waals surface area (Å²) in [6.45, 7) is 4.25. The van der Waals surface area contributed by atoms with Crippen LogP contribution in [0.2, 0.25) is 0 Å². The van der Waals surface area contributed by atoms with Crippen molar-refractivity contribution < 1.29 is 15.0 Å². The van der Waals surface area contributed by atoms with Crippen molar-refractivity contribution in [1.82, 2.24) is 5.32 Å². The van der Waals surface area contributed by atoms with E-state index < -0.39 is 12.1 Å². The molecular weight excluding hydrogens is 903 g/mol. The van der Waals surface area contributed by atoms with E-state index in [4.69, 9.17) is 0 Å². The second-order valence-corrected chi connectivity index (χ2v) is 21.5. The third kappa shape index (κ3) is 59.9. The summed E-state index contributed by atoms with van der Waals surface area (Å²) >= 11 is 0. The van der Waals surface area contributed by atoms with Crippen LogP contribution < -0.4 is 5.32 Å². The molecule has 0 heterocycles. The Bertz CT molecular complexity index is 1400. The fourth-order valence-corrected chi connectivity index (χ4v) is 9.47. The number of carbonyl (C=O) groups is 1. The summed E-state index contributed by atoms with van der Waals surface area (Å²) in [4.78, 5) is 12.5. The van der Waals surface area contributed by atoms with Gasteiger partial charge in [0.05, 0.1) is 18.8 Å². The van der Waals surface area contributed by atoms with Gasteiger partial charge < -0.3 is 15.5 Å². The van der Waals surface area contributed by atoms with E-state index in [-0.39, 0.29) is 12.5 Å². The Balaban J connectivity index is 3.56. The van der Waals surface area contributed by atoms with Crippen molar-refractivity contribution in [2.75, 3.05) is 6.61 Å². The minimum Gasteiger partial charge on any atom is -0.394 e. The number of amides is 1. The number of allylic oxidation sites excluding steroid dienone is 18. The smallest absolute Gasteiger partial charge is 0.220 e. The maximum Gasteiger partial charge on any atom is 0.220 e. The molecule has 0 aromatic heterocycles. The number of aliphatic hydroxyl groups excluding tert-OH is 2. The van der Waals surface area contributed by atoms with Crippen LogP contribution in [-0.2, 0) is 4.79 Å². The highest BCUT2D eigenvalue weighted by molar-refractivity contribution is 5.76. The van der Waals surface area contributed by atoms with Gasteiger partial charge in [-0.2, -0.15) is 0 Å². The van der Waals surface area contributed by atoms with Gasteiger partial charge in [-0.3, -0.25) is 4.79 Å². The Morgan fingerprint density at radius 3 is 0.878 bits per heavy atom. The van der Waals surface area contributed by atoms with Crippen LogP contribution in [0.5, 0.6) is 0 Å². The summed E-state index contributed by atoms with van der Waals surface area (Å²) in [6, 6.07) is -0.565. The summed E-state index contributed by atoms with van der Waals surface area (Å²) in [5.41, 5.74) is 0. The van der Waals surface area contributed by atoms with Gasteiger partial charge in [0.25, 0.3) is 0 Å². The van der Waals surface area contributed by atoms with E-state index >= 15 is 0 Å². The normalized spacial score (nSPS) is 13.5.